The van der Waals surface area contributed by atoms with Crippen molar-refractivity contribution in [1.29, 1.82) is 0 Å². The van der Waals surface area contributed by atoms with E-state index in [9.17, 15) is 10.2 Å². The quantitative estimate of drug-likeness (QED) is 0.654. The van der Waals surface area contributed by atoms with E-state index < -0.39 is 11.7 Å². The van der Waals surface area contributed by atoms with Crippen molar-refractivity contribution < 1.29 is 10.2 Å². The van der Waals surface area contributed by atoms with Crippen LogP contribution in [0.25, 0.3) is 0 Å². The number of aliphatic hydroxyl groups is 2. The lowest BCUT2D eigenvalue weighted by Gasteiger charge is -2.38. The average molecular weight is 217 g/mol. The van der Waals surface area contributed by atoms with Gasteiger partial charge in [-0.25, -0.2) is 0 Å². The molecule has 3 N–H and O–H groups in total. The van der Waals surface area contributed by atoms with Crippen LogP contribution in [-0.4, -0.2) is 34.5 Å². The molecule has 0 amide bonds. The van der Waals surface area contributed by atoms with Crippen LogP contribution in [-0.2, 0) is 0 Å². The van der Waals surface area contributed by atoms with E-state index in [1.807, 2.05) is 34.6 Å². The summed E-state index contributed by atoms with van der Waals surface area (Å²) in [6.45, 7) is 12.3. The second-order valence-electron chi connectivity index (χ2n) is 5.94. The van der Waals surface area contributed by atoms with Crippen LogP contribution in [0.15, 0.2) is 0 Å². The molecular weight excluding hydrogens is 190 g/mol. The first-order valence-corrected chi connectivity index (χ1v) is 5.70. The Hall–Kier alpha value is -0.120. The van der Waals surface area contributed by atoms with Gasteiger partial charge >= 0.3 is 0 Å². The van der Waals surface area contributed by atoms with Crippen LogP contribution in [0.2, 0.25) is 0 Å². The summed E-state index contributed by atoms with van der Waals surface area (Å²) in [6.07, 6.45) is -0.0995. The molecule has 0 aromatic carbocycles. The van der Waals surface area contributed by atoms with Crippen LogP contribution in [0.4, 0.5) is 0 Å². The Labute approximate surface area is 93.9 Å². The van der Waals surface area contributed by atoms with Gasteiger partial charge in [0, 0.05) is 19.0 Å². The van der Waals surface area contributed by atoms with Gasteiger partial charge in [0.15, 0.2) is 0 Å². The van der Waals surface area contributed by atoms with Gasteiger partial charge in [-0.15, -0.1) is 0 Å². The largest absolute Gasteiger partial charge is 0.392 e. The zero-order valence-corrected chi connectivity index (χ0v) is 11.0. The Bertz CT molecular complexity index is 183. The minimum absolute atomic E-state index is 0.216. The third kappa shape index (κ3) is 5.50. The molecule has 0 aromatic heterocycles. The number of rotatable bonds is 5. The maximum absolute atomic E-state index is 10.2. The van der Waals surface area contributed by atoms with Crippen molar-refractivity contribution in [3.05, 3.63) is 0 Å². The molecule has 2 atom stereocenters. The predicted octanol–water partition coefficient (Wildman–Crippen LogP) is 1.53. The smallest absolute Gasteiger partial charge is 0.0692 e. The molecule has 0 saturated heterocycles. The van der Waals surface area contributed by atoms with Crippen LogP contribution >= 0.6 is 0 Å². The number of nitrogens with one attached hydrogen (secondary N) is 1. The van der Waals surface area contributed by atoms with E-state index in [-0.39, 0.29) is 5.41 Å². The standard InChI is InChI=1S/C12H27NO2/c1-9(2)13-8-10(14)7-12(6,15)11(3,4)5/h9-10,13-15H,7-8H2,1-6H3. The van der Waals surface area contributed by atoms with Gasteiger partial charge in [-0.1, -0.05) is 34.6 Å². The molecule has 0 heterocycles. The van der Waals surface area contributed by atoms with Gasteiger partial charge in [0.2, 0.25) is 0 Å². The minimum atomic E-state index is -0.842. The molecule has 0 aliphatic heterocycles. The SMILES string of the molecule is CC(C)NCC(O)CC(C)(O)C(C)(C)C. The molecule has 0 fully saturated rings. The molecule has 0 bridgehead atoms. The van der Waals surface area contributed by atoms with Gasteiger partial charge in [-0.3, -0.25) is 0 Å². The Kier molecular flexibility index (Phi) is 5.24. The second-order valence-corrected chi connectivity index (χ2v) is 5.94. The van der Waals surface area contributed by atoms with Crippen molar-refractivity contribution >= 4 is 0 Å². The highest BCUT2D eigenvalue weighted by molar-refractivity contribution is 4.88. The van der Waals surface area contributed by atoms with Gasteiger partial charge in [-0.2, -0.15) is 0 Å². The highest BCUT2D eigenvalue weighted by Gasteiger charge is 2.36. The first kappa shape index (κ1) is 14.9. The normalized spacial score (nSPS) is 19.0. The molecule has 0 aromatic rings. The summed E-state index contributed by atoms with van der Waals surface area (Å²) in [7, 11) is 0. The molecule has 3 heteroatoms. The number of hydrogen-bond donors (Lipinski definition) is 3. The Morgan fingerprint density at radius 3 is 1.93 bits per heavy atom. The molecule has 2 unspecified atom stereocenters. The Morgan fingerprint density at radius 2 is 1.60 bits per heavy atom. The monoisotopic (exact) mass is 217 g/mol. The first-order valence-electron chi connectivity index (χ1n) is 5.70. The molecule has 0 rings (SSSR count). The lowest BCUT2D eigenvalue weighted by molar-refractivity contribution is -0.0739. The summed E-state index contributed by atoms with van der Waals surface area (Å²) in [4.78, 5) is 0. The average Bonchev–Trinajstić information content (AvgIpc) is 1.97. The predicted molar refractivity (Wildman–Crippen MR) is 63.8 cm³/mol. The summed E-state index contributed by atoms with van der Waals surface area (Å²) in [5.74, 6) is 0. The molecule has 0 aliphatic carbocycles. The third-order valence-corrected chi connectivity index (χ3v) is 3.01. The first-order chi connectivity index (χ1) is 6.56. The van der Waals surface area contributed by atoms with E-state index in [0.717, 1.165) is 0 Å². The molecule has 0 saturated carbocycles. The van der Waals surface area contributed by atoms with Crippen molar-refractivity contribution in [2.24, 2.45) is 5.41 Å². The summed E-state index contributed by atoms with van der Waals surface area (Å²) < 4.78 is 0. The van der Waals surface area contributed by atoms with Crippen molar-refractivity contribution in [3.8, 4) is 0 Å². The Morgan fingerprint density at radius 1 is 1.13 bits per heavy atom. The van der Waals surface area contributed by atoms with Gasteiger partial charge in [-0.05, 0) is 12.3 Å². The second kappa shape index (κ2) is 5.28. The molecule has 92 valence electrons. The van der Waals surface area contributed by atoms with E-state index in [1.165, 1.54) is 0 Å². The molecule has 3 nitrogen and oxygen atoms in total. The van der Waals surface area contributed by atoms with E-state index in [2.05, 4.69) is 5.32 Å². The van der Waals surface area contributed by atoms with Gasteiger partial charge in [0.05, 0.1) is 11.7 Å². The van der Waals surface area contributed by atoms with Gasteiger partial charge in [0.1, 0.15) is 0 Å². The zero-order valence-electron chi connectivity index (χ0n) is 11.0. The Balaban J connectivity index is 4.11. The van der Waals surface area contributed by atoms with Gasteiger partial charge in [0.25, 0.3) is 0 Å². The van der Waals surface area contributed by atoms with Crippen molar-refractivity contribution in [2.75, 3.05) is 6.54 Å². The van der Waals surface area contributed by atoms with E-state index in [4.69, 9.17) is 0 Å². The van der Waals surface area contributed by atoms with Gasteiger partial charge < -0.3 is 15.5 Å². The number of aliphatic hydroxyl groups excluding tert-OH is 1. The molecule has 15 heavy (non-hydrogen) atoms. The van der Waals surface area contributed by atoms with Crippen LogP contribution in [0, 0.1) is 5.41 Å². The molecule has 0 aliphatic rings. The third-order valence-electron chi connectivity index (χ3n) is 3.01. The highest BCUT2D eigenvalue weighted by Crippen LogP contribution is 2.33. The lowest BCUT2D eigenvalue weighted by Crippen LogP contribution is -2.45. The lowest BCUT2D eigenvalue weighted by atomic mass is 9.74. The van der Waals surface area contributed by atoms with Crippen molar-refractivity contribution in [3.63, 3.8) is 0 Å². The molecular formula is C12H27NO2. The van der Waals surface area contributed by atoms with E-state index in [1.54, 1.807) is 6.92 Å². The van der Waals surface area contributed by atoms with E-state index in [0.29, 0.717) is 19.0 Å². The topological polar surface area (TPSA) is 52.5 Å². The fourth-order valence-corrected chi connectivity index (χ4v) is 1.21. The fourth-order valence-electron chi connectivity index (χ4n) is 1.21. The molecule has 0 radical (unpaired) electrons. The highest BCUT2D eigenvalue weighted by atomic mass is 16.3. The molecule has 0 spiro atoms. The number of hydrogen-bond acceptors (Lipinski definition) is 3. The maximum atomic E-state index is 10.2. The minimum Gasteiger partial charge on any atom is -0.392 e. The van der Waals surface area contributed by atoms with Crippen LogP contribution in [0.5, 0.6) is 0 Å². The summed E-state index contributed by atoms with van der Waals surface area (Å²) in [5.41, 5.74) is -1.06. The summed E-state index contributed by atoms with van der Waals surface area (Å²) in [6, 6.07) is 0.360. The fraction of sp³-hybridized carbons (Fsp3) is 1.00. The van der Waals surface area contributed by atoms with E-state index >= 15 is 0 Å². The van der Waals surface area contributed by atoms with Crippen LogP contribution < -0.4 is 5.32 Å². The summed E-state index contributed by atoms with van der Waals surface area (Å²) in [5, 5.41) is 23.1. The van der Waals surface area contributed by atoms with Crippen LogP contribution in [0.3, 0.4) is 0 Å². The van der Waals surface area contributed by atoms with Crippen LogP contribution in [0.1, 0.15) is 48.0 Å². The van der Waals surface area contributed by atoms with Crippen molar-refractivity contribution in [2.45, 2.75) is 65.7 Å². The zero-order chi connectivity index (χ0) is 12.3. The maximum Gasteiger partial charge on any atom is 0.0692 e. The van der Waals surface area contributed by atoms with Crippen molar-refractivity contribution in [1.82, 2.24) is 5.32 Å². The summed E-state index contributed by atoms with van der Waals surface area (Å²) >= 11 is 0.